The molecule has 0 aliphatic carbocycles. The highest BCUT2D eigenvalue weighted by atomic mass is 19.1. The summed E-state index contributed by atoms with van der Waals surface area (Å²) in [6.07, 6.45) is 0.501. The van der Waals surface area contributed by atoms with Gasteiger partial charge in [0.25, 0.3) is 0 Å². The zero-order valence-corrected chi connectivity index (χ0v) is 11.1. The van der Waals surface area contributed by atoms with Crippen molar-refractivity contribution in [2.24, 2.45) is 0 Å². The molecule has 0 unspecified atom stereocenters. The van der Waals surface area contributed by atoms with E-state index in [1.165, 1.54) is 4.90 Å². The number of hydrogen-bond donors (Lipinski definition) is 0. The van der Waals surface area contributed by atoms with E-state index in [1.807, 2.05) is 6.07 Å². The number of para-hydroxylation sites is 1. The van der Waals surface area contributed by atoms with Crippen molar-refractivity contribution in [3.8, 4) is 6.07 Å². The van der Waals surface area contributed by atoms with Gasteiger partial charge in [-0.05, 0) is 24.3 Å². The first-order chi connectivity index (χ1) is 10.2. The number of aldehydes is 1. The van der Waals surface area contributed by atoms with E-state index in [1.54, 1.807) is 30.3 Å². The van der Waals surface area contributed by atoms with Crippen LogP contribution in [0.4, 0.5) is 20.2 Å². The lowest BCUT2D eigenvalue weighted by Crippen LogP contribution is -2.21. The summed E-state index contributed by atoms with van der Waals surface area (Å²) >= 11 is 0. The number of anilines is 2. The van der Waals surface area contributed by atoms with Gasteiger partial charge in [0.1, 0.15) is 12.0 Å². The molecule has 2 rings (SSSR count). The third-order valence-corrected chi connectivity index (χ3v) is 2.96. The van der Waals surface area contributed by atoms with Crippen LogP contribution in [0.15, 0.2) is 42.5 Å². The Morgan fingerprint density at radius 1 is 1.14 bits per heavy atom. The smallest absolute Gasteiger partial charge is 0.150 e. The fourth-order valence-electron chi connectivity index (χ4n) is 2.05. The van der Waals surface area contributed by atoms with Gasteiger partial charge in [-0.3, -0.25) is 4.79 Å². The summed E-state index contributed by atoms with van der Waals surface area (Å²) < 4.78 is 28.3. The maximum atomic E-state index is 14.1. The standard InChI is InChI=1S/C16H12F2N2O/c17-14-9-12(11-21)10-15(18)16(14)20(8-4-7-19)13-5-2-1-3-6-13/h1-3,5-6,9-11H,4,8H2. The van der Waals surface area contributed by atoms with E-state index in [0.29, 0.717) is 12.0 Å². The van der Waals surface area contributed by atoms with Crippen molar-refractivity contribution in [2.75, 3.05) is 11.4 Å². The lowest BCUT2D eigenvalue weighted by atomic mass is 10.1. The Morgan fingerprint density at radius 2 is 1.76 bits per heavy atom. The van der Waals surface area contributed by atoms with Gasteiger partial charge in [0, 0.05) is 17.8 Å². The average molecular weight is 286 g/mol. The summed E-state index contributed by atoms with van der Waals surface area (Å²) in [5.41, 5.74) is 0.244. The topological polar surface area (TPSA) is 44.1 Å². The Bertz CT molecular complexity index is 657. The Morgan fingerprint density at radius 3 is 2.29 bits per heavy atom. The minimum Gasteiger partial charge on any atom is -0.336 e. The molecule has 21 heavy (non-hydrogen) atoms. The Hall–Kier alpha value is -2.74. The highest BCUT2D eigenvalue weighted by Crippen LogP contribution is 2.31. The molecule has 106 valence electrons. The third kappa shape index (κ3) is 3.23. The molecular formula is C16H12F2N2O. The van der Waals surface area contributed by atoms with E-state index in [2.05, 4.69) is 0 Å². The fourth-order valence-corrected chi connectivity index (χ4v) is 2.05. The number of nitrogens with zero attached hydrogens (tertiary/aromatic N) is 2. The molecule has 3 nitrogen and oxygen atoms in total. The molecule has 0 fully saturated rings. The van der Waals surface area contributed by atoms with Crippen LogP contribution in [0.3, 0.4) is 0 Å². The summed E-state index contributed by atoms with van der Waals surface area (Å²) in [7, 11) is 0. The van der Waals surface area contributed by atoms with Gasteiger partial charge < -0.3 is 4.90 Å². The van der Waals surface area contributed by atoms with E-state index in [9.17, 15) is 13.6 Å². The van der Waals surface area contributed by atoms with Crippen LogP contribution < -0.4 is 4.90 Å². The molecule has 0 radical (unpaired) electrons. The van der Waals surface area contributed by atoms with Crippen molar-refractivity contribution in [1.82, 2.24) is 0 Å². The number of halogens is 2. The normalized spacial score (nSPS) is 9.95. The van der Waals surface area contributed by atoms with Gasteiger partial charge in [0.2, 0.25) is 0 Å². The first kappa shape index (κ1) is 14.7. The van der Waals surface area contributed by atoms with Gasteiger partial charge >= 0.3 is 0 Å². The van der Waals surface area contributed by atoms with Crippen LogP contribution in [0.1, 0.15) is 16.8 Å². The van der Waals surface area contributed by atoms with E-state index >= 15 is 0 Å². The van der Waals surface area contributed by atoms with Crippen LogP contribution in [-0.4, -0.2) is 12.8 Å². The lowest BCUT2D eigenvalue weighted by molar-refractivity contribution is 0.112. The zero-order chi connectivity index (χ0) is 15.2. The number of nitriles is 1. The van der Waals surface area contributed by atoms with E-state index in [-0.39, 0.29) is 24.2 Å². The van der Waals surface area contributed by atoms with Crippen molar-refractivity contribution < 1.29 is 13.6 Å². The molecule has 0 aliphatic heterocycles. The van der Waals surface area contributed by atoms with Gasteiger partial charge in [-0.2, -0.15) is 5.26 Å². The molecule has 0 N–H and O–H groups in total. The van der Waals surface area contributed by atoms with Crippen LogP contribution >= 0.6 is 0 Å². The first-order valence-electron chi connectivity index (χ1n) is 6.31. The van der Waals surface area contributed by atoms with Crippen LogP contribution in [0.25, 0.3) is 0 Å². The number of carbonyl (C=O) groups is 1. The Labute approximate surface area is 121 Å². The number of rotatable bonds is 5. The number of benzene rings is 2. The van der Waals surface area contributed by atoms with Gasteiger partial charge in [0.05, 0.1) is 12.5 Å². The second kappa shape index (κ2) is 6.62. The monoisotopic (exact) mass is 286 g/mol. The third-order valence-electron chi connectivity index (χ3n) is 2.96. The second-order valence-electron chi connectivity index (χ2n) is 4.35. The highest BCUT2D eigenvalue weighted by molar-refractivity contribution is 5.77. The largest absolute Gasteiger partial charge is 0.336 e. The van der Waals surface area contributed by atoms with Crippen molar-refractivity contribution in [3.05, 3.63) is 59.7 Å². The lowest BCUT2D eigenvalue weighted by Gasteiger charge is -2.25. The molecular weight excluding hydrogens is 274 g/mol. The van der Waals surface area contributed by atoms with E-state index in [0.717, 1.165) is 12.1 Å². The maximum Gasteiger partial charge on any atom is 0.150 e. The molecule has 0 aliphatic rings. The average Bonchev–Trinajstić information content (AvgIpc) is 2.50. The predicted molar refractivity (Wildman–Crippen MR) is 75.4 cm³/mol. The summed E-state index contributed by atoms with van der Waals surface area (Å²) in [4.78, 5) is 12.0. The molecule has 0 spiro atoms. The molecule has 2 aromatic rings. The summed E-state index contributed by atoms with van der Waals surface area (Å²) in [5.74, 6) is -1.67. The molecule has 0 amide bonds. The summed E-state index contributed by atoms with van der Waals surface area (Å²) in [5, 5.41) is 8.72. The first-order valence-corrected chi connectivity index (χ1v) is 6.31. The van der Waals surface area contributed by atoms with Crippen LogP contribution in [0.2, 0.25) is 0 Å². The number of carbonyl (C=O) groups excluding carboxylic acids is 1. The van der Waals surface area contributed by atoms with Crippen molar-refractivity contribution in [2.45, 2.75) is 6.42 Å². The van der Waals surface area contributed by atoms with Crippen molar-refractivity contribution in [1.29, 1.82) is 5.26 Å². The minimum absolute atomic E-state index is 0.0676. The zero-order valence-electron chi connectivity index (χ0n) is 11.1. The van der Waals surface area contributed by atoms with E-state index in [4.69, 9.17) is 5.26 Å². The molecule has 5 heteroatoms. The molecule has 0 saturated carbocycles. The van der Waals surface area contributed by atoms with Crippen LogP contribution in [-0.2, 0) is 0 Å². The molecule has 2 aromatic carbocycles. The van der Waals surface area contributed by atoms with Gasteiger partial charge in [0.15, 0.2) is 11.6 Å². The quantitative estimate of drug-likeness (QED) is 0.785. The Balaban J connectivity index is 2.52. The maximum absolute atomic E-state index is 14.1. The molecule has 0 aromatic heterocycles. The minimum atomic E-state index is -0.834. The SMILES string of the molecule is N#CCCN(c1ccccc1)c1c(F)cc(C=O)cc1F. The molecule has 0 atom stereocenters. The molecule has 0 saturated heterocycles. The number of hydrogen-bond acceptors (Lipinski definition) is 3. The second-order valence-corrected chi connectivity index (χ2v) is 4.35. The Kier molecular flexibility index (Phi) is 4.62. The van der Waals surface area contributed by atoms with Crippen molar-refractivity contribution >= 4 is 17.7 Å². The summed E-state index contributed by atoms with van der Waals surface area (Å²) in [6, 6.07) is 12.6. The molecule has 0 heterocycles. The summed E-state index contributed by atoms with van der Waals surface area (Å²) in [6.45, 7) is 0.148. The van der Waals surface area contributed by atoms with Crippen molar-refractivity contribution in [3.63, 3.8) is 0 Å². The van der Waals surface area contributed by atoms with Crippen LogP contribution in [0.5, 0.6) is 0 Å². The van der Waals surface area contributed by atoms with Gasteiger partial charge in [-0.1, -0.05) is 18.2 Å². The highest BCUT2D eigenvalue weighted by Gasteiger charge is 2.19. The fraction of sp³-hybridized carbons (Fsp3) is 0.125. The predicted octanol–water partition coefficient (Wildman–Crippen LogP) is 3.83. The van der Waals surface area contributed by atoms with E-state index < -0.39 is 11.6 Å². The molecule has 0 bridgehead atoms. The van der Waals surface area contributed by atoms with Gasteiger partial charge in [-0.25, -0.2) is 8.78 Å². The van der Waals surface area contributed by atoms with Crippen LogP contribution in [0, 0.1) is 23.0 Å². The van der Waals surface area contributed by atoms with Gasteiger partial charge in [-0.15, -0.1) is 0 Å².